The van der Waals surface area contributed by atoms with Crippen molar-refractivity contribution < 1.29 is 9.53 Å². The highest BCUT2D eigenvalue weighted by atomic mass is 16.6. The van der Waals surface area contributed by atoms with E-state index in [0.717, 1.165) is 0 Å². The summed E-state index contributed by atoms with van der Waals surface area (Å²) in [5.41, 5.74) is 3.64. The number of rotatable bonds is 2. The number of carbonyl (C=O) groups is 1. The van der Waals surface area contributed by atoms with E-state index in [0.29, 0.717) is 5.82 Å². The molecule has 6 rings (SSSR count). The first-order chi connectivity index (χ1) is 16.3. The van der Waals surface area contributed by atoms with Crippen molar-refractivity contribution >= 4 is 11.9 Å². The molecule has 3 heterocycles. The largest absolute Gasteiger partial charge is 0.444 e. The van der Waals surface area contributed by atoms with Crippen LogP contribution in [0, 0.1) is 5.92 Å². The fourth-order valence-corrected chi connectivity index (χ4v) is 6.33. The van der Waals surface area contributed by atoms with Crippen LogP contribution in [0.3, 0.4) is 0 Å². The van der Waals surface area contributed by atoms with Gasteiger partial charge in [0.05, 0.1) is 12.1 Å². The molecule has 1 fully saturated rings. The van der Waals surface area contributed by atoms with Gasteiger partial charge < -0.3 is 4.74 Å². The molecule has 6 heteroatoms. The Morgan fingerprint density at radius 2 is 1.59 bits per heavy atom. The molecule has 2 bridgehead atoms. The number of ether oxygens (including phenoxy) is 1. The second-order valence-electron chi connectivity index (χ2n) is 10.6. The Labute approximate surface area is 199 Å². The van der Waals surface area contributed by atoms with Crippen molar-refractivity contribution in [2.24, 2.45) is 16.1 Å². The molecule has 0 radical (unpaired) electrons. The summed E-state index contributed by atoms with van der Waals surface area (Å²) in [6.45, 7) is 7.89. The Bertz CT molecular complexity index is 1300. The lowest BCUT2D eigenvalue weighted by molar-refractivity contribution is 0.0145. The SMILES string of the molecule is CC(C)(C)OC(=O)N1[C@@H]2c3ccccc3[C@H]1[C@H]1[C@@H]2c2ccccc2C1(C)N=Nc1ccccn1. The third kappa shape index (κ3) is 2.94. The summed E-state index contributed by atoms with van der Waals surface area (Å²) in [4.78, 5) is 19.9. The molecule has 1 aliphatic carbocycles. The van der Waals surface area contributed by atoms with Crippen LogP contribution in [0.2, 0.25) is 0 Å². The van der Waals surface area contributed by atoms with Crippen molar-refractivity contribution in [3.63, 3.8) is 0 Å². The summed E-state index contributed by atoms with van der Waals surface area (Å²) in [5.74, 6) is 0.748. The van der Waals surface area contributed by atoms with Crippen LogP contribution in [0.1, 0.15) is 68.0 Å². The van der Waals surface area contributed by atoms with E-state index in [2.05, 4.69) is 65.6 Å². The smallest absolute Gasteiger partial charge is 0.411 e. The lowest BCUT2D eigenvalue weighted by atomic mass is 9.71. The molecule has 1 saturated heterocycles. The van der Waals surface area contributed by atoms with E-state index in [-0.39, 0.29) is 30.0 Å². The predicted molar refractivity (Wildman–Crippen MR) is 129 cm³/mol. The molecule has 6 nitrogen and oxygen atoms in total. The highest BCUT2D eigenvalue weighted by molar-refractivity contribution is 5.74. The topological polar surface area (TPSA) is 67.2 Å². The van der Waals surface area contributed by atoms with Gasteiger partial charge in [0, 0.05) is 18.0 Å². The molecule has 3 aromatic rings. The van der Waals surface area contributed by atoms with Gasteiger partial charge >= 0.3 is 6.09 Å². The molecular weight excluding hydrogens is 424 g/mol. The molecule has 1 unspecified atom stereocenters. The first-order valence-electron chi connectivity index (χ1n) is 11.8. The van der Waals surface area contributed by atoms with E-state index >= 15 is 0 Å². The molecule has 1 aromatic heterocycles. The minimum Gasteiger partial charge on any atom is -0.444 e. The number of hydrogen-bond donors (Lipinski definition) is 0. The van der Waals surface area contributed by atoms with Gasteiger partial charge in [-0.15, -0.1) is 5.11 Å². The van der Waals surface area contributed by atoms with E-state index in [1.165, 1.54) is 22.3 Å². The van der Waals surface area contributed by atoms with Crippen molar-refractivity contribution in [1.29, 1.82) is 0 Å². The van der Waals surface area contributed by atoms with Crippen LogP contribution in [-0.4, -0.2) is 21.6 Å². The van der Waals surface area contributed by atoms with E-state index in [4.69, 9.17) is 9.85 Å². The Morgan fingerprint density at radius 1 is 0.941 bits per heavy atom. The van der Waals surface area contributed by atoms with Gasteiger partial charge in [-0.25, -0.2) is 9.78 Å². The molecule has 2 aromatic carbocycles. The van der Waals surface area contributed by atoms with Crippen LogP contribution in [0.4, 0.5) is 10.6 Å². The zero-order chi connectivity index (χ0) is 23.7. The molecule has 3 aliphatic rings. The lowest BCUT2D eigenvalue weighted by Crippen LogP contribution is -2.38. The highest BCUT2D eigenvalue weighted by Gasteiger charge is 2.68. The summed E-state index contributed by atoms with van der Waals surface area (Å²) < 4.78 is 5.91. The maximum Gasteiger partial charge on any atom is 0.411 e. The predicted octanol–water partition coefficient (Wildman–Crippen LogP) is 6.84. The van der Waals surface area contributed by atoms with Gasteiger partial charge in [0.2, 0.25) is 0 Å². The van der Waals surface area contributed by atoms with Crippen LogP contribution >= 0.6 is 0 Å². The molecule has 172 valence electrons. The Hall–Kier alpha value is -3.54. The number of amides is 1. The monoisotopic (exact) mass is 452 g/mol. The van der Waals surface area contributed by atoms with E-state index in [1.807, 2.05) is 43.9 Å². The molecule has 2 aliphatic heterocycles. The molecule has 0 spiro atoms. The van der Waals surface area contributed by atoms with Gasteiger partial charge in [0.1, 0.15) is 11.1 Å². The average Bonchev–Trinajstić information content (AvgIpc) is 3.43. The normalized spacial score (nSPS) is 28.6. The molecule has 0 saturated carbocycles. The Balaban J connectivity index is 1.52. The van der Waals surface area contributed by atoms with Gasteiger partial charge in [-0.3, -0.25) is 4.90 Å². The van der Waals surface area contributed by atoms with Crippen molar-refractivity contribution in [3.05, 3.63) is 95.2 Å². The third-order valence-electron chi connectivity index (χ3n) is 7.43. The number of hydrogen-bond acceptors (Lipinski definition) is 5. The number of fused-ring (bicyclic) bond motifs is 10. The van der Waals surface area contributed by atoms with Crippen LogP contribution in [0.25, 0.3) is 0 Å². The van der Waals surface area contributed by atoms with E-state index < -0.39 is 11.1 Å². The summed E-state index contributed by atoms with van der Waals surface area (Å²) >= 11 is 0. The zero-order valence-corrected chi connectivity index (χ0v) is 19.8. The van der Waals surface area contributed by atoms with Crippen LogP contribution in [0.5, 0.6) is 0 Å². The summed E-state index contributed by atoms with van der Waals surface area (Å²) in [5, 5.41) is 9.52. The zero-order valence-electron chi connectivity index (χ0n) is 19.8. The van der Waals surface area contributed by atoms with Gasteiger partial charge in [0.15, 0.2) is 5.82 Å². The maximum absolute atomic E-state index is 13.6. The van der Waals surface area contributed by atoms with E-state index in [1.54, 1.807) is 6.20 Å². The molecular formula is C28H28N4O2. The van der Waals surface area contributed by atoms with Gasteiger partial charge in [-0.05, 0) is 62.1 Å². The fourth-order valence-electron chi connectivity index (χ4n) is 6.33. The number of carbonyl (C=O) groups excluding carboxylic acids is 1. The number of aromatic nitrogens is 1. The molecule has 5 atom stereocenters. The molecule has 1 amide bonds. The minimum absolute atomic E-state index is 0.0461. The Kier molecular flexibility index (Phi) is 4.47. The van der Waals surface area contributed by atoms with Gasteiger partial charge in [-0.1, -0.05) is 54.6 Å². The summed E-state index contributed by atoms with van der Waals surface area (Å²) in [6, 6.07) is 22.3. The summed E-state index contributed by atoms with van der Waals surface area (Å²) in [6.07, 6.45) is 1.45. The molecule has 0 N–H and O–H groups in total. The first kappa shape index (κ1) is 21.0. The van der Waals surface area contributed by atoms with Crippen molar-refractivity contribution in [2.45, 2.75) is 56.8 Å². The number of benzene rings is 2. The van der Waals surface area contributed by atoms with Crippen molar-refractivity contribution in [2.75, 3.05) is 0 Å². The summed E-state index contributed by atoms with van der Waals surface area (Å²) in [7, 11) is 0. The van der Waals surface area contributed by atoms with Gasteiger partial charge in [-0.2, -0.15) is 5.11 Å². The second-order valence-corrected chi connectivity index (χ2v) is 10.6. The maximum atomic E-state index is 13.6. The Morgan fingerprint density at radius 3 is 2.26 bits per heavy atom. The quantitative estimate of drug-likeness (QED) is 0.400. The number of pyridine rings is 1. The van der Waals surface area contributed by atoms with Gasteiger partial charge in [0.25, 0.3) is 0 Å². The van der Waals surface area contributed by atoms with Crippen LogP contribution < -0.4 is 0 Å². The first-order valence-corrected chi connectivity index (χ1v) is 11.8. The standard InChI is InChI=1S/C28H28N4O2/c1-27(2,3)34-26(33)32-24-17-11-5-6-12-18(17)25(32)23-22(24)19-13-7-8-14-20(19)28(23,4)31-30-21-15-9-10-16-29-21/h5-16,22-25H,1-4H3/t22-,23+,24+,25-,28?/m0/s1. The minimum atomic E-state index is -0.605. The van der Waals surface area contributed by atoms with Crippen LogP contribution in [0.15, 0.2) is 83.2 Å². The number of azo groups is 1. The van der Waals surface area contributed by atoms with E-state index in [9.17, 15) is 4.79 Å². The van der Waals surface area contributed by atoms with Crippen LogP contribution in [-0.2, 0) is 10.3 Å². The highest BCUT2D eigenvalue weighted by Crippen LogP contribution is 2.71. The lowest BCUT2D eigenvalue weighted by Gasteiger charge is -2.34. The average molecular weight is 453 g/mol. The molecule has 34 heavy (non-hydrogen) atoms. The van der Waals surface area contributed by atoms with Crippen molar-refractivity contribution in [1.82, 2.24) is 9.88 Å². The third-order valence-corrected chi connectivity index (χ3v) is 7.43. The van der Waals surface area contributed by atoms with Crippen molar-refractivity contribution in [3.8, 4) is 0 Å². The second kappa shape index (κ2) is 7.23. The fraction of sp³-hybridized carbons (Fsp3) is 0.357. The number of nitrogens with zero attached hydrogens (tertiary/aromatic N) is 4.